The van der Waals surface area contributed by atoms with Crippen molar-refractivity contribution in [2.75, 3.05) is 6.54 Å². The molecule has 2 rings (SSSR count). The number of fused-ring (bicyclic) bond motifs is 1. The van der Waals surface area contributed by atoms with E-state index in [-0.39, 0.29) is 5.91 Å². The summed E-state index contributed by atoms with van der Waals surface area (Å²) >= 11 is 3.50. The first-order chi connectivity index (χ1) is 8.70. The number of amides is 1. The number of halogens is 1. The summed E-state index contributed by atoms with van der Waals surface area (Å²) in [6, 6.07) is 13.8. The van der Waals surface area contributed by atoms with Crippen LogP contribution in [-0.4, -0.2) is 17.3 Å². The first-order valence-corrected chi connectivity index (χ1v) is 7.03. The van der Waals surface area contributed by atoms with E-state index in [2.05, 4.69) is 28.2 Å². The highest BCUT2D eigenvalue weighted by Crippen LogP contribution is 2.15. The summed E-state index contributed by atoms with van der Waals surface area (Å²) < 4.78 is 0. The third-order valence-electron chi connectivity index (χ3n) is 2.94. The largest absolute Gasteiger partial charge is 0.351 e. The lowest BCUT2D eigenvalue weighted by atomic mass is 10.1. The van der Waals surface area contributed by atoms with Crippen molar-refractivity contribution in [3.05, 3.63) is 48.0 Å². The SMILES string of the molecule is CCC(Br)CNC(=O)c1ccc2ccccc2c1. The van der Waals surface area contributed by atoms with E-state index in [1.165, 1.54) is 0 Å². The lowest BCUT2D eigenvalue weighted by molar-refractivity contribution is 0.0954. The predicted molar refractivity (Wildman–Crippen MR) is 79.3 cm³/mol. The second-order valence-electron chi connectivity index (χ2n) is 4.28. The topological polar surface area (TPSA) is 29.1 Å². The van der Waals surface area contributed by atoms with E-state index >= 15 is 0 Å². The Morgan fingerprint density at radius 3 is 2.67 bits per heavy atom. The Labute approximate surface area is 116 Å². The molecule has 18 heavy (non-hydrogen) atoms. The highest BCUT2D eigenvalue weighted by molar-refractivity contribution is 9.09. The highest BCUT2D eigenvalue weighted by atomic mass is 79.9. The molecule has 1 atom stereocenters. The molecular weight excluding hydrogens is 290 g/mol. The standard InChI is InChI=1S/C15H16BrNO/c1-2-14(16)10-17-15(18)13-8-7-11-5-3-4-6-12(11)9-13/h3-9,14H,2,10H2,1H3,(H,17,18). The lowest BCUT2D eigenvalue weighted by Gasteiger charge is -2.09. The van der Waals surface area contributed by atoms with Gasteiger partial charge in [-0.15, -0.1) is 0 Å². The van der Waals surface area contributed by atoms with E-state index in [0.29, 0.717) is 16.9 Å². The third-order valence-corrected chi connectivity index (χ3v) is 3.91. The molecule has 3 heteroatoms. The fourth-order valence-electron chi connectivity index (χ4n) is 1.78. The van der Waals surface area contributed by atoms with Gasteiger partial charge < -0.3 is 5.32 Å². The molecule has 0 heterocycles. The Balaban J connectivity index is 2.13. The summed E-state index contributed by atoms with van der Waals surface area (Å²) in [7, 11) is 0. The Morgan fingerprint density at radius 2 is 1.94 bits per heavy atom. The molecule has 1 N–H and O–H groups in total. The first-order valence-electron chi connectivity index (χ1n) is 6.11. The number of carbonyl (C=O) groups is 1. The molecule has 0 spiro atoms. The van der Waals surface area contributed by atoms with Crippen LogP contribution in [0.2, 0.25) is 0 Å². The van der Waals surface area contributed by atoms with Crippen molar-refractivity contribution in [1.29, 1.82) is 0 Å². The van der Waals surface area contributed by atoms with Gasteiger partial charge in [0.1, 0.15) is 0 Å². The Bertz CT molecular complexity index is 553. The average molecular weight is 306 g/mol. The van der Waals surface area contributed by atoms with Crippen molar-refractivity contribution in [1.82, 2.24) is 5.32 Å². The van der Waals surface area contributed by atoms with Crippen LogP contribution in [0.3, 0.4) is 0 Å². The fourth-order valence-corrected chi connectivity index (χ4v) is 1.94. The van der Waals surface area contributed by atoms with Crippen LogP contribution in [-0.2, 0) is 0 Å². The van der Waals surface area contributed by atoms with Gasteiger partial charge in [0.25, 0.3) is 5.91 Å². The van der Waals surface area contributed by atoms with E-state index < -0.39 is 0 Å². The van der Waals surface area contributed by atoms with E-state index in [1.54, 1.807) is 0 Å². The summed E-state index contributed by atoms with van der Waals surface area (Å²) in [5.74, 6) is -0.0151. The molecule has 0 aliphatic carbocycles. The van der Waals surface area contributed by atoms with E-state index in [1.807, 2.05) is 42.5 Å². The van der Waals surface area contributed by atoms with Crippen molar-refractivity contribution in [2.24, 2.45) is 0 Å². The van der Waals surface area contributed by atoms with Crippen LogP contribution in [0.5, 0.6) is 0 Å². The smallest absolute Gasteiger partial charge is 0.251 e. The minimum absolute atomic E-state index is 0.0151. The van der Waals surface area contributed by atoms with Gasteiger partial charge in [-0.05, 0) is 29.3 Å². The summed E-state index contributed by atoms with van der Waals surface area (Å²) in [4.78, 5) is 12.3. The normalized spacial score (nSPS) is 12.3. The van der Waals surface area contributed by atoms with Crippen molar-refractivity contribution in [3.8, 4) is 0 Å². The number of benzene rings is 2. The molecule has 1 amide bonds. The van der Waals surface area contributed by atoms with Gasteiger partial charge in [-0.25, -0.2) is 0 Å². The molecule has 0 radical (unpaired) electrons. The van der Waals surface area contributed by atoms with Crippen molar-refractivity contribution >= 4 is 32.6 Å². The number of hydrogen-bond donors (Lipinski definition) is 1. The van der Waals surface area contributed by atoms with Crippen molar-refractivity contribution in [3.63, 3.8) is 0 Å². The summed E-state index contributed by atoms with van der Waals surface area (Å²) in [6.07, 6.45) is 0.998. The van der Waals surface area contributed by atoms with Crippen LogP contribution in [0.1, 0.15) is 23.7 Å². The quantitative estimate of drug-likeness (QED) is 0.857. The molecule has 0 saturated carbocycles. The van der Waals surface area contributed by atoms with Gasteiger partial charge >= 0.3 is 0 Å². The molecule has 0 fully saturated rings. The number of carbonyl (C=O) groups excluding carboxylic acids is 1. The van der Waals surface area contributed by atoms with Gasteiger partial charge in [0.2, 0.25) is 0 Å². The molecule has 2 nitrogen and oxygen atoms in total. The second-order valence-corrected chi connectivity index (χ2v) is 5.57. The van der Waals surface area contributed by atoms with Crippen LogP contribution in [0.25, 0.3) is 10.8 Å². The van der Waals surface area contributed by atoms with E-state index in [9.17, 15) is 4.79 Å². The molecule has 0 bridgehead atoms. The fraction of sp³-hybridized carbons (Fsp3) is 0.267. The third kappa shape index (κ3) is 3.10. The zero-order chi connectivity index (χ0) is 13.0. The molecule has 2 aromatic carbocycles. The van der Waals surface area contributed by atoms with Gasteiger partial charge in [0.05, 0.1) is 0 Å². The predicted octanol–water partition coefficient (Wildman–Crippen LogP) is 3.74. The molecule has 2 aromatic rings. The van der Waals surface area contributed by atoms with Gasteiger partial charge in [-0.2, -0.15) is 0 Å². The van der Waals surface area contributed by atoms with Crippen LogP contribution in [0.4, 0.5) is 0 Å². The Morgan fingerprint density at radius 1 is 1.22 bits per heavy atom. The Hall–Kier alpha value is -1.35. The number of nitrogens with one attached hydrogen (secondary N) is 1. The van der Waals surface area contributed by atoms with Gasteiger partial charge in [0.15, 0.2) is 0 Å². The first kappa shape index (κ1) is 13.1. The maximum Gasteiger partial charge on any atom is 0.251 e. The maximum absolute atomic E-state index is 12.0. The summed E-state index contributed by atoms with van der Waals surface area (Å²) in [5.41, 5.74) is 0.713. The van der Waals surface area contributed by atoms with Crippen LogP contribution < -0.4 is 5.32 Å². The molecule has 0 aromatic heterocycles. The molecule has 0 aliphatic heterocycles. The van der Waals surface area contributed by atoms with E-state index in [0.717, 1.165) is 17.2 Å². The minimum Gasteiger partial charge on any atom is -0.351 e. The number of rotatable bonds is 4. The molecule has 0 aliphatic rings. The van der Waals surface area contributed by atoms with Crippen molar-refractivity contribution < 1.29 is 4.79 Å². The van der Waals surface area contributed by atoms with Gasteiger partial charge in [-0.1, -0.05) is 53.2 Å². The van der Waals surface area contributed by atoms with E-state index in [4.69, 9.17) is 0 Å². The van der Waals surface area contributed by atoms with Crippen LogP contribution in [0, 0.1) is 0 Å². The van der Waals surface area contributed by atoms with Crippen molar-refractivity contribution in [2.45, 2.75) is 18.2 Å². The monoisotopic (exact) mass is 305 g/mol. The zero-order valence-corrected chi connectivity index (χ0v) is 11.9. The molecule has 94 valence electrons. The van der Waals surface area contributed by atoms with Gasteiger partial charge in [-0.3, -0.25) is 4.79 Å². The maximum atomic E-state index is 12.0. The second kappa shape index (κ2) is 6.01. The minimum atomic E-state index is -0.0151. The van der Waals surface area contributed by atoms with Gasteiger partial charge in [0, 0.05) is 16.9 Å². The average Bonchev–Trinajstić information content (AvgIpc) is 2.43. The molecule has 1 unspecified atom stereocenters. The molecule has 0 saturated heterocycles. The lowest BCUT2D eigenvalue weighted by Crippen LogP contribution is -2.29. The summed E-state index contributed by atoms with van der Waals surface area (Å²) in [5, 5.41) is 5.18. The van der Waals surface area contributed by atoms with Crippen LogP contribution >= 0.6 is 15.9 Å². The Kier molecular flexibility index (Phi) is 4.37. The number of hydrogen-bond acceptors (Lipinski definition) is 1. The highest BCUT2D eigenvalue weighted by Gasteiger charge is 2.08. The number of alkyl halides is 1. The van der Waals surface area contributed by atoms with Crippen LogP contribution in [0.15, 0.2) is 42.5 Å². The zero-order valence-electron chi connectivity index (χ0n) is 10.3. The molecular formula is C15H16BrNO. The summed E-state index contributed by atoms with van der Waals surface area (Å²) in [6.45, 7) is 2.74.